The summed E-state index contributed by atoms with van der Waals surface area (Å²) in [4.78, 5) is 113. The fourth-order valence-corrected chi connectivity index (χ4v) is 9.54. The van der Waals surface area contributed by atoms with Crippen LogP contribution < -0.4 is 26.6 Å². The Morgan fingerprint density at radius 1 is 0.841 bits per heavy atom. The van der Waals surface area contributed by atoms with E-state index in [2.05, 4.69) is 31.6 Å². The van der Waals surface area contributed by atoms with Crippen LogP contribution >= 0.6 is 11.3 Å². The Morgan fingerprint density at radius 3 is 2.04 bits per heavy atom. The topological polar surface area (TPSA) is 224 Å². The molecule has 0 saturated carbocycles. The van der Waals surface area contributed by atoms with E-state index in [0.717, 1.165) is 5.56 Å². The number of ether oxygens (including phenoxy) is 1. The molecule has 2 aromatic rings. The van der Waals surface area contributed by atoms with Crippen LogP contribution in [0.5, 0.6) is 0 Å². The molecule has 0 bridgehead atoms. The van der Waals surface area contributed by atoms with E-state index in [9.17, 15) is 28.8 Å². The standard InChI is InChI=1S/C50H76N10O8S/c1-29(2)36-42(63)57-39(48(5,6)7)41(52-28-35(62)60-21-19-30(3)38(60)44(65)54-36)56-40(49(8,9)10)45(66)55-37(31(4)32-17-15-14-16-18-32)43(64)53-33(46-51-20-26-69-46)27-34(61)58-22-24-59(25-23-58)47(67)68-50(11,12)13/h14-18,20,26,29-31,33,36-40H,19,21-25,27-28H2,1-13H3,(H,52,56)(H,53,64)(H,54,65)(H,55,66)(H,57,63)/t30-,31+,33-,36+,37?,38+,39?,40?/m1/s1. The normalized spacial score (nSPS) is 22.7. The highest BCUT2D eigenvalue weighted by Crippen LogP contribution is 2.29. The largest absolute Gasteiger partial charge is 0.444 e. The number of amidine groups is 1. The van der Waals surface area contributed by atoms with Gasteiger partial charge in [0.1, 0.15) is 47.2 Å². The Bertz CT molecular complexity index is 2170. The molecule has 3 unspecified atom stereocenters. The second-order valence-corrected chi connectivity index (χ2v) is 23.1. The van der Waals surface area contributed by atoms with Crippen molar-refractivity contribution in [1.29, 1.82) is 0 Å². The number of aliphatic imine (C=N–C) groups is 1. The van der Waals surface area contributed by atoms with Gasteiger partial charge in [0.2, 0.25) is 35.4 Å². The van der Waals surface area contributed by atoms with Crippen molar-refractivity contribution in [3.63, 3.8) is 0 Å². The minimum Gasteiger partial charge on any atom is -0.444 e. The lowest BCUT2D eigenvalue weighted by Gasteiger charge is -2.39. The van der Waals surface area contributed by atoms with Crippen LogP contribution in [0.3, 0.4) is 0 Å². The van der Waals surface area contributed by atoms with Gasteiger partial charge in [-0.3, -0.25) is 33.8 Å². The molecule has 8 atom stereocenters. The molecule has 5 N–H and O–H groups in total. The first-order chi connectivity index (χ1) is 32.2. The number of nitrogens with one attached hydrogen (secondary N) is 5. The lowest BCUT2D eigenvalue weighted by Crippen LogP contribution is -2.65. The summed E-state index contributed by atoms with van der Waals surface area (Å²) in [6.07, 6.45) is 1.65. The SMILES string of the molecule is CC(C)[C@@H]1NC(=O)[C@@H]2[C@H](C)CCN2C(=O)CN=C(NC(C(=O)NC(C(=O)N[C@H](CC(=O)N2CCN(C(=O)OC(C)(C)C)CC2)c2nccs2)[C@@H](C)c2ccccc2)C(C)(C)C)C(C(C)(C)C)NC1=O. The summed E-state index contributed by atoms with van der Waals surface area (Å²) >= 11 is 1.29. The average molecular weight is 977 g/mol. The number of hydrogen-bond donors (Lipinski definition) is 5. The van der Waals surface area contributed by atoms with Crippen LogP contribution in [0.2, 0.25) is 0 Å². The molecule has 1 aromatic carbocycles. The van der Waals surface area contributed by atoms with Crippen molar-refractivity contribution in [3.8, 4) is 0 Å². The molecule has 2 saturated heterocycles. The molecule has 3 aliphatic rings. The Kier molecular flexibility index (Phi) is 17.7. The number of aromatic nitrogens is 1. The van der Waals surface area contributed by atoms with Crippen LogP contribution in [0.1, 0.15) is 125 Å². The van der Waals surface area contributed by atoms with E-state index < -0.39 is 82.4 Å². The summed E-state index contributed by atoms with van der Waals surface area (Å²) < 4.78 is 5.53. The summed E-state index contributed by atoms with van der Waals surface area (Å²) in [5.74, 6) is -3.31. The highest BCUT2D eigenvalue weighted by molar-refractivity contribution is 7.09. The van der Waals surface area contributed by atoms with Gasteiger partial charge in [0.15, 0.2) is 0 Å². The van der Waals surface area contributed by atoms with Crippen LogP contribution in [-0.4, -0.2) is 142 Å². The molecule has 2 fully saturated rings. The van der Waals surface area contributed by atoms with Crippen molar-refractivity contribution >= 4 is 58.7 Å². The van der Waals surface area contributed by atoms with E-state index in [1.165, 1.54) is 16.2 Å². The van der Waals surface area contributed by atoms with E-state index in [-0.39, 0.29) is 61.4 Å². The summed E-state index contributed by atoms with van der Waals surface area (Å²) in [5, 5.41) is 17.9. The Labute approximate surface area is 411 Å². The lowest BCUT2D eigenvalue weighted by atomic mass is 9.82. The van der Waals surface area contributed by atoms with Crippen molar-refractivity contribution in [2.24, 2.45) is 27.7 Å². The number of rotatable bonds is 11. The van der Waals surface area contributed by atoms with Gasteiger partial charge in [-0.2, -0.15) is 0 Å². The van der Waals surface area contributed by atoms with Crippen LogP contribution in [0.15, 0.2) is 46.9 Å². The summed E-state index contributed by atoms with van der Waals surface area (Å²) in [6, 6.07) is 3.69. The van der Waals surface area contributed by atoms with Crippen molar-refractivity contribution < 1.29 is 38.3 Å². The summed E-state index contributed by atoms with van der Waals surface area (Å²) in [7, 11) is 0. The zero-order valence-corrected chi connectivity index (χ0v) is 43.6. The molecule has 1 aromatic heterocycles. The second kappa shape index (κ2) is 22.4. The van der Waals surface area contributed by atoms with Crippen molar-refractivity contribution in [2.75, 3.05) is 39.3 Å². The molecule has 69 heavy (non-hydrogen) atoms. The van der Waals surface area contributed by atoms with Crippen LogP contribution in [-0.2, 0) is 33.5 Å². The number of amides is 7. The van der Waals surface area contributed by atoms with Gasteiger partial charge >= 0.3 is 6.09 Å². The monoisotopic (exact) mass is 977 g/mol. The maximum absolute atomic E-state index is 15.1. The number of benzene rings is 1. The average Bonchev–Trinajstić information content (AvgIpc) is 3.95. The van der Waals surface area contributed by atoms with Gasteiger partial charge in [-0.25, -0.2) is 9.78 Å². The van der Waals surface area contributed by atoms with Gasteiger partial charge in [0.05, 0.1) is 18.5 Å². The Morgan fingerprint density at radius 2 is 1.48 bits per heavy atom. The number of carbonyl (C=O) groups is 7. The number of carbonyl (C=O) groups excluding carboxylic acids is 7. The molecule has 3 aliphatic heterocycles. The van der Waals surface area contributed by atoms with Gasteiger partial charge in [-0.1, -0.05) is 99.6 Å². The van der Waals surface area contributed by atoms with Crippen LogP contribution in [0.4, 0.5) is 4.79 Å². The first kappa shape index (κ1) is 54.4. The third-order valence-corrected chi connectivity index (χ3v) is 13.8. The molecule has 4 heterocycles. The smallest absolute Gasteiger partial charge is 0.410 e. The van der Waals surface area contributed by atoms with E-state index in [4.69, 9.17) is 9.73 Å². The third kappa shape index (κ3) is 14.3. The van der Waals surface area contributed by atoms with E-state index in [1.54, 1.807) is 42.1 Å². The van der Waals surface area contributed by atoms with E-state index in [0.29, 0.717) is 31.1 Å². The molecule has 0 aliphatic carbocycles. The quantitative estimate of drug-likeness (QED) is 0.214. The van der Waals surface area contributed by atoms with Gasteiger partial charge in [0, 0.05) is 50.2 Å². The highest BCUT2D eigenvalue weighted by Gasteiger charge is 2.44. The Hall–Kier alpha value is -5.59. The second-order valence-electron chi connectivity index (χ2n) is 22.2. The first-order valence-corrected chi connectivity index (χ1v) is 25.1. The molecular weight excluding hydrogens is 901 g/mol. The highest BCUT2D eigenvalue weighted by atomic mass is 32.1. The molecule has 7 amide bonds. The summed E-state index contributed by atoms with van der Waals surface area (Å²) in [5.41, 5.74) is -1.43. The maximum atomic E-state index is 15.1. The molecule has 380 valence electrons. The predicted molar refractivity (Wildman–Crippen MR) is 265 cm³/mol. The van der Waals surface area contributed by atoms with Crippen LogP contribution in [0.25, 0.3) is 0 Å². The first-order valence-electron chi connectivity index (χ1n) is 24.2. The molecule has 0 spiro atoms. The fourth-order valence-electron chi connectivity index (χ4n) is 8.85. The zero-order valence-electron chi connectivity index (χ0n) is 42.8. The van der Waals surface area contributed by atoms with E-state index >= 15 is 4.79 Å². The van der Waals surface area contributed by atoms with Crippen molar-refractivity contribution in [2.45, 2.75) is 151 Å². The number of piperazine rings is 1. The lowest BCUT2D eigenvalue weighted by molar-refractivity contribution is -0.140. The van der Waals surface area contributed by atoms with Crippen LogP contribution in [0, 0.1) is 22.7 Å². The fraction of sp³-hybridized carbons (Fsp3) is 0.660. The Balaban J connectivity index is 1.45. The predicted octanol–water partition coefficient (Wildman–Crippen LogP) is 4.38. The number of nitrogens with zero attached hydrogens (tertiary/aromatic N) is 5. The van der Waals surface area contributed by atoms with E-state index in [1.807, 2.05) is 99.6 Å². The minimum atomic E-state index is -1.16. The summed E-state index contributed by atoms with van der Waals surface area (Å²) in [6.45, 7) is 25.3. The molecule has 5 rings (SSSR count). The van der Waals surface area contributed by atoms with Crippen molar-refractivity contribution in [3.05, 3.63) is 52.5 Å². The zero-order chi connectivity index (χ0) is 51.2. The van der Waals surface area contributed by atoms with Gasteiger partial charge in [0.25, 0.3) is 0 Å². The minimum absolute atomic E-state index is 0.116. The maximum Gasteiger partial charge on any atom is 0.410 e. The van der Waals surface area contributed by atoms with Gasteiger partial charge in [-0.15, -0.1) is 11.3 Å². The van der Waals surface area contributed by atoms with Gasteiger partial charge < -0.3 is 46.0 Å². The molecule has 18 nitrogen and oxygen atoms in total. The molecule has 19 heteroatoms. The van der Waals surface area contributed by atoms with Gasteiger partial charge in [-0.05, 0) is 55.4 Å². The molecule has 0 radical (unpaired) electrons. The third-order valence-electron chi connectivity index (χ3n) is 12.9. The van der Waals surface area contributed by atoms with Crippen molar-refractivity contribution in [1.82, 2.24) is 46.3 Å². The molecular formula is C50H76N10O8S. The number of fused-ring (bicyclic) bond motifs is 1. The number of hydrogen-bond acceptors (Lipinski definition) is 12. The number of thiazole rings is 1.